The molecule has 0 spiro atoms. The highest BCUT2D eigenvalue weighted by Gasteiger charge is 2.65. The number of amides is 1. The van der Waals surface area contributed by atoms with Crippen LogP contribution in [0.25, 0.3) is 10.9 Å². The first-order chi connectivity index (χ1) is 18.1. The molecule has 2 aromatic rings. The fourth-order valence-electron chi connectivity index (χ4n) is 10.1. The maximum absolute atomic E-state index is 12.9. The summed E-state index contributed by atoms with van der Waals surface area (Å²) in [6.07, 6.45) is 8.41. The summed E-state index contributed by atoms with van der Waals surface area (Å²) in [7, 11) is 0. The molecule has 6 heteroatoms. The van der Waals surface area contributed by atoms with Gasteiger partial charge in [0.05, 0.1) is 24.0 Å². The van der Waals surface area contributed by atoms with E-state index in [1.165, 1.54) is 0 Å². The standard InChI is InChI=1S/C32H46N2O4/c1-18(7-10-29(38)34-26-6-4-5-25-21(26)12-14-33-25)22-8-9-23-30-24(17-28(37)32(22,23)3)31(2)13-11-20(35)15-19(31)16-27(30)36/h4-6,12,14,18-20,22-24,27-28,30,33,35-37H,7-11,13,15-17H2,1-3H3,(H,34,38). The maximum atomic E-state index is 12.9. The number of fused-ring (bicyclic) bond motifs is 6. The van der Waals surface area contributed by atoms with E-state index >= 15 is 0 Å². The molecule has 6 rings (SSSR count). The molecule has 1 amide bonds. The van der Waals surface area contributed by atoms with Gasteiger partial charge in [0.2, 0.25) is 5.91 Å². The van der Waals surface area contributed by atoms with Crippen LogP contribution < -0.4 is 5.32 Å². The average Bonchev–Trinajstić information content (AvgIpc) is 3.50. The Bertz CT molecular complexity index is 1180. The van der Waals surface area contributed by atoms with Crippen molar-refractivity contribution in [3.05, 3.63) is 30.5 Å². The first-order valence-electron chi connectivity index (χ1n) is 15.0. The van der Waals surface area contributed by atoms with Gasteiger partial charge in [0, 0.05) is 23.5 Å². The molecule has 6 nitrogen and oxygen atoms in total. The Balaban J connectivity index is 1.15. The number of H-pyrrole nitrogens is 1. The van der Waals surface area contributed by atoms with E-state index in [9.17, 15) is 20.1 Å². The zero-order valence-electron chi connectivity index (χ0n) is 23.2. The fourth-order valence-corrected chi connectivity index (χ4v) is 10.1. The molecule has 0 radical (unpaired) electrons. The summed E-state index contributed by atoms with van der Waals surface area (Å²) in [4.78, 5) is 16.1. The van der Waals surface area contributed by atoms with Crippen LogP contribution in [0.1, 0.15) is 78.6 Å². The van der Waals surface area contributed by atoms with Gasteiger partial charge in [-0.25, -0.2) is 0 Å². The van der Waals surface area contributed by atoms with Crippen LogP contribution >= 0.6 is 0 Å². The Labute approximate surface area is 226 Å². The van der Waals surface area contributed by atoms with Crippen LogP contribution in [0, 0.1) is 46.3 Å². The first-order valence-corrected chi connectivity index (χ1v) is 15.0. The van der Waals surface area contributed by atoms with E-state index in [1.807, 2.05) is 30.5 Å². The maximum Gasteiger partial charge on any atom is 0.224 e. The van der Waals surface area contributed by atoms with Gasteiger partial charge in [-0.05, 0) is 116 Å². The lowest BCUT2D eigenvalue weighted by molar-refractivity contribution is -0.207. The highest BCUT2D eigenvalue weighted by Crippen LogP contribution is 2.68. The third-order valence-electron chi connectivity index (χ3n) is 12.2. The Hall–Kier alpha value is -1.89. The topological polar surface area (TPSA) is 106 Å². The van der Waals surface area contributed by atoms with Crippen LogP contribution in [0.5, 0.6) is 0 Å². The number of aliphatic hydroxyl groups excluding tert-OH is 3. The molecule has 4 fully saturated rings. The van der Waals surface area contributed by atoms with E-state index in [0.29, 0.717) is 36.0 Å². The summed E-state index contributed by atoms with van der Waals surface area (Å²) < 4.78 is 0. The number of hydrogen-bond donors (Lipinski definition) is 5. The Morgan fingerprint density at radius 1 is 1.08 bits per heavy atom. The third-order valence-corrected chi connectivity index (χ3v) is 12.2. The molecule has 4 saturated carbocycles. The second kappa shape index (κ2) is 9.64. The first kappa shape index (κ1) is 26.3. The number of rotatable bonds is 5. The van der Waals surface area contributed by atoms with Crippen molar-refractivity contribution < 1.29 is 20.1 Å². The number of aromatic amines is 1. The van der Waals surface area contributed by atoms with E-state index < -0.39 is 6.10 Å². The molecule has 38 heavy (non-hydrogen) atoms. The van der Waals surface area contributed by atoms with Crippen LogP contribution in [-0.2, 0) is 4.79 Å². The number of aromatic nitrogens is 1. The van der Waals surface area contributed by atoms with Gasteiger partial charge in [-0.1, -0.05) is 26.8 Å². The van der Waals surface area contributed by atoms with E-state index in [4.69, 9.17) is 0 Å². The highest BCUT2D eigenvalue weighted by atomic mass is 16.3. The molecule has 4 aliphatic carbocycles. The molecule has 11 unspecified atom stereocenters. The molecule has 11 atom stereocenters. The summed E-state index contributed by atoms with van der Waals surface area (Å²) in [5, 5.41) is 37.7. The van der Waals surface area contributed by atoms with Crippen molar-refractivity contribution >= 4 is 22.5 Å². The quantitative estimate of drug-likeness (QED) is 0.358. The van der Waals surface area contributed by atoms with Crippen molar-refractivity contribution in [3.63, 3.8) is 0 Å². The van der Waals surface area contributed by atoms with Gasteiger partial charge in [0.25, 0.3) is 0 Å². The molecular formula is C32H46N2O4. The summed E-state index contributed by atoms with van der Waals surface area (Å²) in [5.41, 5.74) is 1.72. The van der Waals surface area contributed by atoms with Crippen molar-refractivity contribution in [1.29, 1.82) is 0 Å². The molecule has 4 aliphatic rings. The van der Waals surface area contributed by atoms with Gasteiger partial charge in [-0.15, -0.1) is 0 Å². The van der Waals surface area contributed by atoms with Crippen molar-refractivity contribution in [2.45, 2.75) is 96.9 Å². The molecule has 5 N–H and O–H groups in total. The lowest BCUT2D eigenvalue weighted by Gasteiger charge is -2.63. The average molecular weight is 523 g/mol. The Kier molecular flexibility index (Phi) is 6.68. The minimum atomic E-state index is -0.390. The van der Waals surface area contributed by atoms with Gasteiger partial charge in [-0.2, -0.15) is 0 Å². The number of aliphatic hydroxyl groups is 3. The fraction of sp³-hybridized carbons (Fsp3) is 0.719. The van der Waals surface area contributed by atoms with Crippen molar-refractivity contribution in [3.8, 4) is 0 Å². The lowest BCUT2D eigenvalue weighted by atomic mass is 9.43. The van der Waals surface area contributed by atoms with E-state index in [0.717, 1.165) is 68.0 Å². The molecule has 1 aromatic heterocycles. The van der Waals surface area contributed by atoms with E-state index in [2.05, 4.69) is 31.1 Å². The van der Waals surface area contributed by atoms with Crippen molar-refractivity contribution in [2.24, 2.45) is 46.3 Å². The molecule has 0 aliphatic heterocycles. The predicted octanol–water partition coefficient (Wildman–Crippen LogP) is 5.48. The second-order valence-electron chi connectivity index (χ2n) is 13.8. The second-order valence-corrected chi connectivity index (χ2v) is 13.8. The van der Waals surface area contributed by atoms with Gasteiger partial charge in [0.1, 0.15) is 0 Å². The van der Waals surface area contributed by atoms with Gasteiger partial charge < -0.3 is 25.6 Å². The number of hydrogen-bond acceptors (Lipinski definition) is 4. The lowest BCUT2D eigenvalue weighted by Crippen LogP contribution is -2.62. The largest absolute Gasteiger partial charge is 0.393 e. The number of nitrogens with one attached hydrogen (secondary N) is 2. The van der Waals surface area contributed by atoms with Crippen LogP contribution in [0.4, 0.5) is 5.69 Å². The minimum Gasteiger partial charge on any atom is -0.393 e. The molecule has 208 valence electrons. The summed E-state index contributed by atoms with van der Waals surface area (Å²) in [6.45, 7) is 6.92. The third kappa shape index (κ3) is 4.05. The van der Waals surface area contributed by atoms with Crippen LogP contribution in [0.15, 0.2) is 30.5 Å². The predicted molar refractivity (Wildman–Crippen MR) is 149 cm³/mol. The number of benzene rings is 1. The summed E-state index contributed by atoms with van der Waals surface area (Å²) in [6, 6.07) is 7.89. The van der Waals surface area contributed by atoms with E-state index in [-0.39, 0.29) is 34.9 Å². The van der Waals surface area contributed by atoms with Gasteiger partial charge >= 0.3 is 0 Å². The number of carbonyl (C=O) groups is 1. The van der Waals surface area contributed by atoms with Crippen LogP contribution in [0.3, 0.4) is 0 Å². The van der Waals surface area contributed by atoms with E-state index in [1.54, 1.807) is 0 Å². The highest BCUT2D eigenvalue weighted by molar-refractivity contribution is 6.01. The Morgan fingerprint density at radius 3 is 2.71 bits per heavy atom. The summed E-state index contributed by atoms with van der Waals surface area (Å²) in [5.74, 6) is 1.88. The molecule has 0 bridgehead atoms. The molecule has 1 aromatic carbocycles. The van der Waals surface area contributed by atoms with Crippen LogP contribution in [0.2, 0.25) is 0 Å². The molecule has 1 heterocycles. The monoisotopic (exact) mass is 522 g/mol. The summed E-state index contributed by atoms with van der Waals surface area (Å²) >= 11 is 0. The Morgan fingerprint density at radius 2 is 1.89 bits per heavy atom. The SMILES string of the molecule is CC(CCC(=O)Nc1cccc2[nH]ccc12)C1CCC2C3C(O)CC4CC(O)CCC4(C)C3CC(O)C12C. The van der Waals surface area contributed by atoms with Gasteiger partial charge in [0.15, 0.2) is 0 Å². The molecular weight excluding hydrogens is 476 g/mol. The van der Waals surface area contributed by atoms with Crippen molar-refractivity contribution in [2.75, 3.05) is 5.32 Å². The zero-order chi connectivity index (χ0) is 26.8. The minimum absolute atomic E-state index is 0.0377. The van der Waals surface area contributed by atoms with Gasteiger partial charge in [-0.3, -0.25) is 4.79 Å². The normalized spacial score (nSPS) is 43.2. The van der Waals surface area contributed by atoms with Crippen LogP contribution in [-0.4, -0.2) is 44.5 Å². The zero-order valence-corrected chi connectivity index (χ0v) is 23.2. The molecule has 0 saturated heterocycles. The smallest absolute Gasteiger partial charge is 0.224 e. The van der Waals surface area contributed by atoms with Crippen molar-refractivity contribution in [1.82, 2.24) is 4.98 Å². The number of anilines is 1. The number of carbonyl (C=O) groups excluding carboxylic acids is 1.